The first kappa shape index (κ1) is 20.3. The summed E-state index contributed by atoms with van der Waals surface area (Å²) in [6, 6.07) is 3.57. The van der Waals surface area contributed by atoms with Crippen LogP contribution in [0.2, 0.25) is 0 Å². The third-order valence-corrected chi connectivity index (χ3v) is 8.09. The van der Waals surface area contributed by atoms with Crippen LogP contribution in [0.3, 0.4) is 0 Å². The summed E-state index contributed by atoms with van der Waals surface area (Å²) in [5, 5.41) is 22.9. The highest BCUT2D eigenvalue weighted by atomic mass is 16.7. The Morgan fingerprint density at radius 2 is 2.16 bits per heavy atom. The van der Waals surface area contributed by atoms with Crippen molar-refractivity contribution in [3.05, 3.63) is 35.1 Å². The lowest BCUT2D eigenvalue weighted by Crippen LogP contribution is -2.75. The molecule has 3 aliphatic carbocycles. The van der Waals surface area contributed by atoms with Crippen molar-refractivity contribution in [1.82, 2.24) is 4.90 Å². The second-order valence-electron chi connectivity index (χ2n) is 9.75. The van der Waals surface area contributed by atoms with Crippen LogP contribution in [0.15, 0.2) is 24.0 Å². The molecule has 2 heterocycles. The molecule has 8 heteroatoms. The monoisotopic (exact) mass is 443 g/mol. The van der Waals surface area contributed by atoms with E-state index in [-0.39, 0.29) is 25.0 Å². The first-order valence-electron chi connectivity index (χ1n) is 11.5. The Morgan fingerprint density at radius 3 is 2.94 bits per heavy atom. The van der Waals surface area contributed by atoms with Crippen molar-refractivity contribution in [2.24, 2.45) is 5.92 Å². The second kappa shape index (κ2) is 7.10. The van der Waals surface area contributed by atoms with E-state index in [4.69, 9.17) is 18.9 Å². The van der Waals surface area contributed by atoms with Crippen LogP contribution in [-0.4, -0.2) is 72.4 Å². The van der Waals surface area contributed by atoms with E-state index in [0.29, 0.717) is 30.8 Å². The molecule has 4 atom stereocenters. The molecule has 8 nitrogen and oxygen atoms in total. The molecule has 5 aliphatic rings. The number of aliphatic hydroxyl groups is 1. The van der Waals surface area contributed by atoms with Gasteiger partial charge in [-0.15, -0.1) is 0 Å². The summed E-state index contributed by atoms with van der Waals surface area (Å²) in [6.07, 6.45) is 4.51. The molecule has 1 aromatic rings. The molecular weight excluding hydrogens is 414 g/mol. The number of phenols is 1. The molecule has 0 radical (unpaired) electrons. The molecule has 2 bridgehead atoms. The van der Waals surface area contributed by atoms with Crippen LogP contribution < -0.4 is 4.74 Å². The van der Waals surface area contributed by atoms with Crippen molar-refractivity contribution < 1.29 is 34.0 Å². The van der Waals surface area contributed by atoms with Crippen LogP contribution in [0, 0.1) is 5.92 Å². The third-order valence-electron chi connectivity index (χ3n) is 8.09. The van der Waals surface area contributed by atoms with Gasteiger partial charge in [0.05, 0.1) is 17.6 Å². The molecule has 172 valence electrons. The Labute approximate surface area is 186 Å². The highest BCUT2D eigenvalue weighted by molar-refractivity contribution is 5.66. The molecule has 2 fully saturated rings. The van der Waals surface area contributed by atoms with Crippen LogP contribution in [0.25, 0.3) is 0 Å². The quantitative estimate of drug-likeness (QED) is 0.510. The van der Waals surface area contributed by atoms with Gasteiger partial charge in [0.1, 0.15) is 12.4 Å². The number of likely N-dealkylation sites (tertiary alicyclic amines) is 1. The lowest BCUT2D eigenvalue weighted by molar-refractivity contribution is -0.169. The average molecular weight is 443 g/mol. The topological polar surface area (TPSA) is 97.7 Å². The van der Waals surface area contributed by atoms with Gasteiger partial charge in [0.15, 0.2) is 17.6 Å². The Balaban J connectivity index is 1.40. The molecule has 1 aromatic carbocycles. The van der Waals surface area contributed by atoms with Crippen LogP contribution in [0.4, 0.5) is 4.79 Å². The molecule has 2 N–H and O–H groups in total. The maximum atomic E-state index is 12.3. The molecule has 1 saturated heterocycles. The molecule has 32 heavy (non-hydrogen) atoms. The van der Waals surface area contributed by atoms with Crippen LogP contribution in [-0.2, 0) is 26.0 Å². The number of aromatic hydroxyl groups is 1. The lowest BCUT2D eigenvalue weighted by Gasteiger charge is -2.62. The largest absolute Gasteiger partial charge is 0.513 e. The third kappa shape index (κ3) is 2.69. The van der Waals surface area contributed by atoms with E-state index < -0.39 is 23.3 Å². The van der Waals surface area contributed by atoms with E-state index >= 15 is 0 Å². The first-order chi connectivity index (χ1) is 15.5. The van der Waals surface area contributed by atoms with E-state index in [1.54, 1.807) is 12.1 Å². The van der Waals surface area contributed by atoms with E-state index in [1.165, 1.54) is 20.0 Å². The maximum absolute atomic E-state index is 12.3. The normalized spacial score (nSPS) is 34.4. The number of benzene rings is 1. The van der Waals surface area contributed by atoms with E-state index in [2.05, 4.69) is 4.90 Å². The van der Waals surface area contributed by atoms with E-state index in [0.717, 1.165) is 30.1 Å². The van der Waals surface area contributed by atoms with Gasteiger partial charge in [0.25, 0.3) is 0 Å². The van der Waals surface area contributed by atoms with Crippen molar-refractivity contribution in [2.45, 2.75) is 55.3 Å². The highest BCUT2D eigenvalue weighted by Gasteiger charge is 2.72. The SMILES string of the molecule is COCCOC(=O)OC1=CC[C@@]2(O)[C@H]3Cc4ccc(O)c5c4[C@@]2(CCN3CC2CC2)[C@H]1O5. The predicted octanol–water partition coefficient (Wildman–Crippen LogP) is 2.25. The molecule has 2 aliphatic heterocycles. The number of piperidine rings is 1. The zero-order chi connectivity index (χ0) is 22.1. The minimum Gasteiger partial charge on any atom is -0.504 e. The number of hydrogen-bond donors (Lipinski definition) is 2. The zero-order valence-corrected chi connectivity index (χ0v) is 18.2. The summed E-state index contributed by atoms with van der Waals surface area (Å²) in [5.74, 6) is 1.52. The molecule has 0 unspecified atom stereocenters. The van der Waals surface area contributed by atoms with Crippen molar-refractivity contribution >= 4 is 6.16 Å². The van der Waals surface area contributed by atoms with Crippen molar-refractivity contribution in [3.63, 3.8) is 0 Å². The summed E-state index contributed by atoms with van der Waals surface area (Å²) in [6.45, 7) is 2.21. The van der Waals surface area contributed by atoms with Gasteiger partial charge in [-0.1, -0.05) is 6.07 Å². The number of methoxy groups -OCH3 is 1. The second-order valence-corrected chi connectivity index (χ2v) is 9.75. The minimum absolute atomic E-state index is 0.0441. The van der Waals surface area contributed by atoms with Crippen molar-refractivity contribution in [2.75, 3.05) is 33.4 Å². The zero-order valence-electron chi connectivity index (χ0n) is 18.2. The number of nitrogens with zero attached hydrogens (tertiary/aromatic N) is 1. The summed E-state index contributed by atoms with van der Waals surface area (Å²) in [5.41, 5.74) is 0.147. The Hall–Kier alpha value is -2.29. The van der Waals surface area contributed by atoms with Gasteiger partial charge in [-0.25, -0.2) is 4.79 Å². The van der Waals surface area contributed by atoms with Gasteiger partial charge in [0, 0.05) is 31.7 Å². The molecule has 6 rings (SSSR count). The number of carbonyl (C=O) groups excluding carboxylic acids is 1. The summed E-state index contributed by atoms with van der Waals surface area (Å²) in [7, 11) is 1.53. The van der Waals surface area contributed by atoms with Gasteiger partial charge in [0.2, 0.25) is 0 Å². The van der Waals surface area contributed by atoms with Gasteiger partial charge in [-0.2, -0.15) is 0 Å². The average Bonchev–Trinajstić information content (AvgIpc) is 3.51. The standard InChI is InChI=1S/C24H29NO7/c1-29-10-11-30-22(27)31-17-6-7-24(28)18-12-15-4-5-16(26)20-19(15)23(24,21(17)32-20)8-9-25(18)13-14-2-3-14/h4-6,14,18,21,26,28H,2-3,7-13H2,1H3/t18-,21+,23+,24-/m1/s1. The summed E-state index contributed by atoms with van der Waals surface area (Å²) >= 11 is 0. The molecule has 1 saturated carbocycles. The van der Waals surface area contributed by atoms with Crippen molar-refractivity contribution in [3.8, 4) is 11.5 Å². The lowest BCUT2D eigenvalue weighted by atomic mass is 9.50. The summed E-state index contributed by atoms with van der Waals surface area (Å²) < 4.78 is 21.9. The fraction of sp³-hybridized carbons (Fsp3) is 0.625. The number of ether oxygens (including phenoxy) is 4. The number of hydrogen-bond acceptors (Lipinski definition) is 8. The van der Waals surface area contributed by atoms with Gasteiger partial charge in [-0.3, -0.25) is 4.90 Å². The number of phenolic OH excluding ortho intramolecular Hbond substituents is 1. The Kier molecular flexibility index (Phi) is 4.51. The Bertz CT molecular complexity index is 989. The molecule has 1 spiro atoms. The minimum atomic E-state index is -1.07. The fourth-order valence-corrected chi connectivity index (χ4v) is 6.50. The van der Waals surface area contributed by atoms with Crippen LogP contribution in [0.5, 0.6) is 11.5 Å². The molecular formula is C24H29NO7. The predicted molar refractivity (Wildman–Crippen MR) is 113 cm³/mol. The van der Waals surface area contributed by atoms with E-state index in [9.17, 15) is 15.0 Å². The maximum Gasteiger partial charge on any atom is 0.513 e. The van der Waals surface area contributed by atoms with Crippen LogP contribution >= 0.6 is 0 Å². The van der Waals surface area contributed by atoms with Crippen molar-refractivity contribution in [1.29, 1.82) is 0 Å². The number of rotatable bonds is 6. The smallest absolute Gasteiger partial charge is 0.504 e. The highest BCUT2D eigenvalue weighted by Crippen LogP contribution is 2.65. The summed E-state index contributed by atoms with van der Waals surface area (Å²) in [4.78, 5) is 14.7. The van der Waals surface area contributed by atoms with Gasteiger partial charge >= 0.3 is 6.16 Å². The molecule has 0 aromatic heterocycles. The van der Waals surface area contributed by atoms with E-state index in [1.807, 2.05) is 6.07 Å². The Morgan fingerprint density at radius 1 is 1.31 bits per heavy atom. The van der Waals surface area contributed by atoms with Crippen LogP contribution in [0.1, 0.15) is 36.8 Å². The number of carbonyl (C=O) groups is 1. The van der Waals surface area contributed by atoms with Gasteiger partial charge in [-0.05, 0) is 55.9 Å². The first-order valence-corrected chi connectivity index (χ1v) is 11.5. The van der Waals surface area contributed by atoms with Gasteiger partial charge < -0.3 is 29.2 Å². The molecule has 0 amide bonds. The fourth-order valence-electron chi connectivity index (χ4n) is 6.50.